The van der Waals surface area contributed by atoms with Crippen LogP contribution in [-0.2, 0) is 11.3 Å². The van der Waals surface area contributed by atoms with Gasteiger partial charge in [0.1, 0.15) is 16.9 Å². The number of aryl methyl sites for hydroxylation is 2. The zero-order chi connectivity index (χ0) is 24.5. The lowest BCUT2D eigenvalue weighted by atomic mass is 10.1. The van der Waals surface area contributed by atoms with Gasteiger partial charge in [0.05, 0.1) is 12.3 Å². The highest BCUT2D eigenvalue weighted by Crippen LogP contribution is 2.28. The number of para-hydroxylation sites is 1. The molecule has 0 aliphatic carbocycles. The fourth-order valence-corrected chi connectivity index (χ4v) is 4.65. The first-order valence-electron chi connectivity index (χ1n) is 11.1. The van der Waals surface area contributed by atoms with Crippen LogP contribution in [0.3, 0.4) is 0 Å². The van der Waals surface area contributed by atoms with Gasteiger partial charge in [0, 0.05) is 11.1 Å². The van der Waals surface area contributed by atoms with Crippen molar-refractivity contribution in [3.05, 3.63) is 99.6 Å². The Morgan fingerprint density at radius 1 is 1.09 bits per heavy atom. The molecule has 0 saturated heterocycles. The number of nitrogens with zero attached hydrogens (tertiary/aromatic N) is 2. The summed E-state index contributed by atoms with van der Waals surface area (Å²) in [5.74, 6) is -0.502. The van der Waals surface area contributed by atoms with E-state index in [-0.39, 0.29) is 35.2 Å². The van der Waals surface area contributed by atoms with E-state index in [2.05, 4.69) is 5.32 Å². The second-order valence-corrected chi connectivity index (χ2v) is 9.29. The Hall–Kier alpha value is -3.91. The number of carbonyl (C=O) groups is 1. The van der Waals surface area contributed by atoms with E-state index in [4.69, 9.17) is 9.40 Å². The van der Waals surface area contributed by atoms with Crippen molar-refractivity contribution in [1.29, 1.82) is 0 Å². The molecule has 1 N–H and O–H groups in total. The van der Waals surface area contributed by atoms with Gasteiger partial charge in [0.15, 0.2) is 5.16 Å². The van der Waals surface area contributed by atoms with Crippen molar-refractivity contribution in [2.75, 3.05) is 11.1 Å². The number of anilines is 1. The third-order valence-electron chi connectivity index (χ3n) is 5.70. The van der Waals surface area contributed by atoms with Gasteiger partial charge in [-0.2, -0.15) is 0 Å². The molecule has 35 heavy (non-hydrogen) atoms. The zero-order valence-corrected chi connectivity index (χ0v) is 20.0. The number of benzene rings is 3. The Kier molecular flexibility index (Phi) is 6.13. The highest BCUT2D eigenvalue weighted by molar-refractivity contribution is 7.99. The average Bonchev–Trinajstić information content (AvgIpc) is 3.22. The number of amides is 1. The number of furan rings is 1. The van der Waals surface area contributed by atoms with Gasteiger partial charge in [0.25, 0.3) is 5.56 Å². The summed E-state index contributed by atoms with van der Waals surface area (Å²) in [7, 11) is 0. The number of carbonyl (C=O) groups excluding carboxylic acids is 1. The van der Waals surface area contributed by atoms with E-state index in [1.165, 1.54) is 28.5 Å². The quantitative estimate of drug-likeness (QED) is 0.246. The topological polar surface area (TPSA) is 77.1 Å². The maximum Gasteiger partial charge on any atom is 0.298 e. The van der Waals surface area contributed by atoms with Crippen LogP contribution in [0.2, 0.25) is 0 Å². The summed E-state index contributed by atoms with van der Waals surface area (Å²) in [4.78, 5) is 30.9. The molecule has 0 bridgehead atoms. The zero-order valence-electron chi connectivity index (χ0n) is 19.2. The number of hydrogen-bond acceptors (Lipinski definition) is 5. The SMILES string of the molecule is Cc1ccc(C)c(NC(=O)CSc2nc3c(oc4ccccc43)c(=O)n2Cc2ccc(F)cc2)c1. The summed E-state index contributed by atoms with van der Waals surface area (Å²) >= 11 is 1.17. The maximum absolute atomic E-state index is 13.4. The van der Waals surface area contributed by atoms with Gasteiger partial charge in [-0.15, -0.1) is 0 Å². The molecule has 0 unspecified atom stereocenters. The second kappa shape index (κ2) is 9.38. The molecule has 3 aromatic carbocycles. The summed E-state index contributed by atoms with van der Waals surface area (Å²) in [6.07, 6.45) is 0. The molecule has 2 heterocycles. The molecule has 2 aromatic heterocycles. The van der Waals surface area contributed by atoms with E-state index in [9.17, 15) is 14.0 Å². The van der Waals surface area contributed by atoms with Gasteiger partial charge in [-0.25, -0.2) is 9.37 Å². The Morgan fingerprint density at radius 3 is 2.66 bits per heavy atom. The predicted octanol–water partition coefficient (Wildman–Crippen LogP) is 5.68. The molecule has 0 aliphatic rings. The first-order chi connectivity index (χ1) is 16.9. The van der Waals surface area contributed by atoms with Crippen LogP contribution in [0.15, 0.2) is 81.1 Å². The number of nitrogens with one attached hydrogen (secondary N) is 1. The molecule has 0 spiro atoms. The molecule has 6 nitrogen and oxygen atoms in total. The summed E-state index contributed by atoms with van der Waals surface area (Å²) < 4.78 is 20.7. The van der Waals surface area contributed by atoms with Crippen LogP contribution in [0.4, 0.5) is 10.1 Å². The lowest BCUT2D eigenvalue weighted by molar-refractivity contribution is -0.113. The molecule has 1 amide bonds. The summed E-state index contributed by atoms with van der Waals surface area (Å²) in [6.45, 7) is 4.06. The van der Waals surface area contributed by atoms with Crippen LogP contribution >= 0.6 is 11.8 Å². The lowest BCUT2D eigenvalue weighted by Crippen LogP contribution is -2.24. The Balaban J connectivity index is 1.51. The first-order valence-corrected chi connectivity index (χ1v) is 12.0. The number of aromatic nitrogens is 2. The van der Waals surface area contributed by atoms with Gasteiger partial charge >= 0.3 is 0 Å². The Bertz CT molecular complexity index is 1620. The van der Waals surface area contributed by atoms with Crippen LogP contribution in [-0.4, -0.2) is 21.2 Å². The van der Waals surface area contributed by atoms with E-state index in [1.54, 1.807) is 18.2 Å². The normalized spacial score (nSPS) is 11.3. The van der Waals surface area contributed by atoms with Gasteiger partial charge in [0.2, 0.25) is 11.5 Å². The van der Waals surface area contributed by atoms with Crippen molar-refractivity contribution in [3.8, 4) is 0 Å². The molecule has 8 heteroatoms. The van der Waals surface area contributed by atoms with Crippen molar-refractivity contribution in [3.63, 3.8) is 0 Å². The van der Waals surface area contributed by atoms with E-state index in [1.807, 2.05) is 50.2 Å². The first kappa shape index (κ1) is 22.9. The van der Waals surface area contributed by atoms with Crippen molar-refractivity contribution >= 4 is 45.4 Å². The summed E-state index contributed by atoms with van der Waals surface area (Å²) in [5.41, 5.74) is 4.31. The number of fused-ring (bicyclic) bond motifs is 3. The minimum Gasteiger partial charge on any atom is -0.448 e. The standard InChI is InChI=1S/C27H22FN3O3S/c1-16-7-8-17(2)21(13-16)29-23(32)15-35-27-30-24-20-5-3-4-6-22(20)34-25(24)26(33)31(27)14-18-9-11-19(28)12-10-18/h3-13H,14-15H2,1-2H3,(H,29,32). The molecule has 0 radical (unpaired) electrons. The third kappa shape index (κ3) is 4.70. The van der Waals surface area contributed by atoms with Crippen LogP contribution in [0.5, 0.6) is 0 Å². The molecular formula is C27H22FN3O3S. The van der Waals surface area contributed by atoms with Gasteiger partial charge in [-0.3, -0.25) is 14.2 Å². The second-order valence-electron chi connectivity index (χ2n) is 8.34. The Morgan fingerprint density at radius 2 is 1.86 bits per heavy atom. The number of thioether (sulfide) groups is 1. The van der Waals surface area contributed by atoms with Crippen molar-refractivity contribution in [2.45, 2.75) is 25.5 Å². The van der Waals surface area contributed by atoms with E-state index in [0.29, 0.717) is 16.3 Å². The van der Waals surface area contributed by atoms with E-state index >= 15 is 0 Å². The fourth-order valence-electron chi connectivity index (χ4n) is 3.86. The lowest BCUT2D eigenvalue weighted by Gasteiger charge is -2.13. The largest absolute Gasteiger partial charge is 0.448 e. The molecule has 5 rings (SSSR count). The van der Waals surface area contributed by atoms with E-state index < -0.39 is 0 Å². The van der Waals surface area contributed by atoms with Gasteiger partial charge < -0.3 is 9.73 Å². The third-order valence-corrected chi connectivity index (χ3v) is 6.68. The fraction of sp³-hybridized carbons (Fsp3) is 0.148. The van der Waals surface area contributed by atoms with Crippen LogP contribution in [0, 0.1) is 19.7 Å². The number of rotatable bonds is 6. The molecule has 0 aliphatic heterocycles. The highest BCUT2D eigenvalue weighted by Gasteiger charge is 2.19. The van der Waals surface area contributed by atoms with Crippen molar-refractivity contribution in [2.24, 2.45) is 0 Å². The molecule has 0 saturated carbocycles. The number of hydrogen-bond donors (Lipinski definition) is 1. The minimum absolute atomic E-state index is 0.0600. The van der Waals surface area contributed by atoms with Crippen molar-refractivity contribution in [1.82, 2.24) is 9.55 Å². The molecule has 5 aromatic rings. The molecular weight excluding hydrogens is 465 g/mol. The van der Waals surface area contributed by atoms with Crippen LogP contribution < -0.4 is 10.9 Å². The minimum atomic E-state index is -0.357. The summed E-state index contributed by atoms with van der Waals surface area (Å²) in [6, 6.07) is 19.1. The smallest absolute Gasteiger partial charge is 0.298 e. The van der Waals surface area contributed by atoms with Gasteiger partial charge in [-0.1, -0.05) is 48.2 Å². The maximum atomic E-state index is 13.4. The Labute approximate surface area is 204 Å². The van der Waals surface area contributed by atoms with Gasteiger partial charge in [-0.05, 0) is 60.9 Å². The molecule has 0 fully saturated rings. The highest BCUT2D eigenvalue weighted by atomic mass is 32.2. The predicted molar refractivity (Wildman–Crippen MR) is 137 cm³/mol. The summed E-state index contributed by atoms with van der Waals surface area (Å²) in [5, 5.41) is 4.05. The van der Waals surface area contributed by atoms with Crippen LogP contribution in [0.1, 0.15) is 16.7 Å². The number of halogens is 1. The van der Waals surface area contributed by atoms with E-state index in [0.717, 1.165) is 27.8 Å². The van der Waals surface area contributed by atoms with Crippen molar-refractivity contribution < 1.29 is 13.6 Å². The average molecular weight is 488 g/mol. The molecule has 0 atom stereocenters. The molecule has 176 valence electrons. The monoisotopic (exact) mass is 487 g/mol. The van der Waals surface area contributed by atoms with Crippen LogP contribution in [0.25, 0.3) is 22.1 Å².